The third kappa shape index (κ3) is 4.13. The lowest BCUT2D eigenvalue weighted by atomic mass is 10.3. The lowest BCUT2D eigenvalue weighted by Crippen LogP contribution is -2.20. The Balaban J connectivity index is 1.94. The highest BCUT2D eigenvalue weighted by molar-refractivity contribution is 8.00. The molecule has 0 fully saturated rings. The Hall–Kier alpha value is -2.20. The minimum absolute atomic E-state index is 0.0414. The van der Waals surface area contributed by atoms with Gasteiger partial charge in [0, 0.05) is 6.07 Å². The number of ether oxygens (including phenoxy) is 1. The first kappa shape index (κ1) is 15.2. The predicted octanol–water partition coefficient (Wildman–Crippen LogP) is 2.19. The van der Waals surface area contributed by atoms with Crippen molar-refractivity contribution in [2.75, 3.05) is 18.2 Å². The van der Waals surface area contributed by atoms with Crippen molar-refractivity contribution in [2.45, 2.75) is 4.34 Å². The van der Waals surface area contributed by atoms with Gasteiger partial charge in [0.2, 0.25) is 5.13 Å². The van der Waals surface area contributed by atoms with Crippen LogP contribution < -0.4 is 10.1 Å². The molecule has 1 aromatic heterocycles. The third-order valence-electron chi connectivity index (χ3n) is 2.25. The molecule has 1 aromatic carbocycles. The molecule has 0 saturated carbocycles. The van der Waals surface area contributed by atoms with Crippen LogP contribution in [0.15, 0.2) is 28.6 Å². The number of carbonyl (C=O) groups excluding carboxylic acids is 1. The molecule has 0 unspecified atom stereocenters. The lowest BCUT2D eigenvalue weighted by molar-refractivity contribution is -0.385. The molecule has 1 amide bonds. The van der Waals surface area contributed by atoms with Crippen LogP contribution in [0.3, 0.4) is 0 Å². The van der Waals surface area contributed by atoms with E-state index in [0.29, 0.717) is 5.13 Å². The molecule has 0 aliphatic carbocycles. The predicted molar refractivity (Wildman–Crippen MR) is 78.9 cm³/mol. The topological polar surface area (TPSA) is 107 Å². The molecule has 0 radical (unpaired) electrons. The molecule has 1 heterocycles. The van der Waals surface area contributed by atoms with E-state index in [-0.39, 0.29) is 18.0 Å². The maximum absolute atomic E-state index is 11.7. The Labute approximate surface area is 127 Å². The fraction of sp³-hybridized carbons (Fsp3) is 0.182. The number of hydrogen-bond acceptors (Lipinski definition) is 8. The van der Waals surface area contributed by atoms with Crippen LogP contribution in [0.25, 0.3) is 0 Å². The van der Waals surface area contributed by atoms with Gasteiger partial charge in [-0.1, -0.05) is 35.2 Å². The van der Waals surface area contributed by atoms with Crippen molar-refractivity contribution in [3.63, 3.8) is 0 Å². The summed E-state index contributed by atoms with van der Waals surface area (Å²) in [5, 5.41) is 21.3. The summed E-state index contributed by atoms with van der Waals surface area (Å²) in [7, 11) is 0. The quantitative estimate of drug-likeness (QED) is 0.375. The van der Waals surface area contributed by atoms with E-state index in [2.05, 4.69) is 15.5 Å². The van der Waals surface area contributed by atoms with E-state index < -0.39 is 10.8 Å². The number of anilines is 1. The molecule has 0 aliphatic heterocycles. The highest BCUT2D eigenvalue weighted by Crippen LogP contribution is 2.26. The molecule has 8 nitrogen and oxygen atoms in total. The van der Waals surface area contributed by atoms with Gasteiger partial charge < -0.3 is 4.74 Å². The van der Waals surface area contributed by atoms with Gasteiger partial charge in [-0.3, -0.25) is 20.2 Å². The molecule has 0 bridgehead atoms. The van der Waals surface area contributed by atoms with Crippen LogP contribution in [0.5, 0.6) is 5.75 Å². The Morgan fingerprint density at radius 2 is 2.24 bits per heavy atom. The van der Waals surface area contributed by atoms with Gasteiger partial charge in [-0.05, 0) is 12.3 Å². The van der Waals surface area contributed by atoms with Crippen molar-refractivity contribution in [3.8, 4) is 5.75 Å². The number of benzene rings is 1. The van der Waals surface area contributed by atoms with Crippen LogP contribution in [0.1, 0.15) is 0 Å². The smallest absolute Gasteiger partial charge is 0.310 e. The highest BCUT2D eigenvalue weighted by atomic mass is 32.2. The van der Waals surface area contributed by atoms with E-state index in [1.807, 2.05) is 6.26 Å². The van der Waals surface area contributed by atoms with Gasteiger partial charge >= 0.3 is 5.69 Å². The molecule has 10 heteroatoms. The van der Waals surface area contributed by atoms with Crippen molar-refractivity contribution in [2.24, 2.45) is 0 Å². The first-order valence-corrected chi connectivity index (χ1v) is 7.68. The van der Waals surface area contributed by atoms with Crippen molar-refractivity contribution in [3.05, 3.63) is 34.4 Å². The fourth-order valence-electron chi connectivity index (χ4n) is 1.37. The van der Waals surface area contributed by atoms with Crippen LogP contribution in [-0.4, -0.2) is 33.9 Å². The standard InChI is InChI=1S/C11H10N4O4S2/c1-20-11-14-13-10(21-11)12-9(16)6-19-8-5-3-2-4-7(8)15(17)18/h2-5H,6H2,1H3,(H,12,13,16). The minimum Gasteiger partial charge on any atom is -0.477 e. The summed E-state index contributed by atoms with van der Waals surface area (Å²) >= 11 is 2.66. The number of amides is 1. The summed E-state index contributed by atoms with van der Waals surface area (Å²) < 4.78 is 5.89. The summed E-state index contributed by atoms with van der Waals surface area (Å²) in [6, 6.07) is 5.86. The average molecular weight is 326 g/mol. The Bertz CT molecular complexity index is 661. The van der Waals surface area contributed by atoms with Gasteiger partial charge in [0.25, 0.3) is 5.91 Å². The molecule has 0 atom stereocenters. The summed E-state index contributed by atoms with van der Waals surface area (Å²) in [5.74, 6) is -0.420. The van der Waals surface area contributed by atoms with Crippen LogP contribution in [-0.2, 0) is 4.79 Å². The summed E-state index contributed by atoms with van der Waals surface area (Å²) in [4.78, 5) is 21.9. The summed E-state index contributed by atoms with van der Waals surface area (Å²) in [6.07, 6.45) is 1.85. The fourth-order valence-corrected chi connectivity index (χ4v) is 2.56. The summed E-state index contributed by atoms with van der Waals surface area (Å²) in [5.41, 5.74) is -0.189. The van der Waals surface area contributed by atoms with E-state index in [9.17, 15) is 14.9 Å². The molecule has 1 N–H and O–H groups in total. The molecular formula is C11H10N4O4S2. The number of nitrogens with one attached hydrogen (secondary N) is 1. The number of nitrogens with zero attached hydrogens (tertiary/aromatic N) is 3. The zero-order valence-corrected chi connectivity index (χ0v) is 12.4. The first-order valence-electron chi connectivity index (χ1n) is 5.63. The van der Waals surface area contributed by atoms with Gasteiger partial charge in [-0.15, -0.1) is 10.2 Å². The third-order valence-corrected chi connectivity index (χ3v) is 4.06. The average Bonchev–Trinajstić information content (AvgIpc) is 2.93. The van der Waals surface area contributed by atoms with Crippen LogP contribution in [0.2, 0.25) is 0 Å². The van der Waals surface area contributed by atoms with Crippen LogP contribution in [0, 0.1) is 10.1 Å². The number of rotatable bonds is 6. The van der Waals surface area contributed by atoms with Gasteiger partial charge in [-0.25, -0.2) is 0 Å². The molecule has 2 aromatic rings. The van der Waals surface area contributed by atoms with E-state index in [0.717, 1.165) is 4.34 Å². The number of para-hydroxylation sites is 2. The van der Waals surface area contributed by atoms with E-state index >= 15 is 0 Å². The van der Waals surface area contributed by atoms with Crippen molar-refractivity contribution in [1.29, 1.82) is 0 Å². The lowest BCUT2D eigenvalue weighted by Gasteiger charge is -2.05. The maximum Gasteiger partial charge on any atom is 0.310 e. The molecule has 0 saturated heterocycles. The zero-order valence-electron chi connectivity index (χ0n) is 10.8. The molecule has 110 valence electrons. The number of carbonyl (C=O) groups is 1. The molecule has 0 spiro atoms. The number of thioether (sulfide) groups is 1. The van der Waals surface area contributed by atoms with Crippen LogP contribution in [0.4, 0.5) is 10.8 Å². The van der Waals surface area contributed by atoms with Gasteiger partial charge in [0.1, 0.15) is 0 Å². The van der Waals surface area contributed by atoms with Gasteiger partial charge in [0.15, 0.2) is 16.7 Å². The van der Waals surface area contributed by atoms with Crippen molar-refractivity contribution >= 4 is 39.8 Å². The SMILES string of the molecule is CSc1nnc(NC(=O)COc2ccccc2[N+](=O)[O-])s1. The number of nitro groups is 1. The normalized spacial score (nSPS) is 10.1. The van der Waals surface area contributed by atoms with Gasteiger partial charge in [0.05, 0.1) is 4.92 Å². The maximum atomic E-state index is 11.7. The first-order chi connectivity index (χ1) is 10.1. The number of hydrogen-bond donors (Lipinski definition) is 1. The molecule has 0 aliphatic rings. The zero-order chi connectivity index (χ0) is 15.2. The summed E-state index contributed by atoms with van der Waals surface area (Å²) in [6.45, 7) is -0.348. The molecular weight excluding hydrogens is 316 g/mol. The van der Waals surface area contributed by atoms with Crippen molar-refractivity contribution < 1.29 is 14.5 Å². The second kappa shape index (κ2) is 6.99. The van der Waals surface area contributed by atoms with Crippen LogP contribution >= 0.6 is 23.1 Å². The highest BCUT2D eigenvalue weighted by Gasteiger charge is 2.15. The second-order valence-electron chi connectivity index (χ2n) is 3.64. The Kier molecular flexibility index (Phi) is 5.06. The number of aromatic nitrogens is 2. The number of nitro benzene ring substituents is 1. The van der Waals surface area contributed by atoms with Gasteiger partial charge in [-0.2, -0.15) is 0 Å². The van der Waals surface area contributed by atoms with E-state index in [1.54, 1.807) is 6.07 Å². The minimum atomic E-state index is -0.567. The monoisotopic (exact) mass is 326 g/mol. The Morgan fingerprint density at radius 1 is 1.48 bits per heavy atom. The van der Waals surface area contributed by atoms with Crippen molar-refractivity contribution in [1.82, 2.24) is 10.2 Å². The van der Waals surface area contributed by atoms with E-state index in [1.165, 1.54) is 41.3 Å². The Morgan fingerprint density at radius 3 is 2.90 bits per heavy atom. The largest absolute Gasteiger partial charge is 0.477 e. The second-order valence-corrected chi connectivity index (χ2v) is 5.67. The van der Waals surface area contributed by atoms with E-state index in [4.69, 9.17) is 4.74 Å². The molecule has 21 heavy (non-hydrogen) atoms. The molecule has 2 rings (SSSR count).